The number of benzene rings is 1. The van der Waals surface area contributed by atoms with Gasteiger partial charge in [-0.25, -0.2) is 0 Å². The molecule has 2 rings (SSSR count). The number of aryl methyl sites for hydroxylation is 1. The molecule has 1 aromatic carbocycles. The van der Waals surface area contributed by atoms with Gasteiger partial charge in [0.15, 0.2) is 0 Å². The Labute approximate surface area is 117 Å². The average Bonchev–Trinajstić information content (AvgIpc) is 2.85. The smallest absolute Gasteiger partial charge is 0.103 e. The summed E-state index contributed by atoms with van der Waals surface area (Å²) >= 11 is 6.78. The van der Waals surface area contributed by atoms with Crippen molar-refractivity contribution >= 4 is 34.2 Å². The van der Waals surface area contributed by atoms with Gasteiger partial charge in [-0.1, -0.05) is 19.1 Å². The molecule has 0 saturated carbocycles. The zero-order chi connectivity index (χ0) is 13.0. The molecule has 0 bridgehead atoms. The van der Waals surface area contributed by atoms with Crippen LogP contribution in [0.25, 0.3) is 0 Å². The third kappa shape index (κ3) is 3.31. The third-order valence-electron chi connectivity index (χ3n) is 2.70. The highest BCUT2D eigenvalue weighted by atomic mass is 32.1. The Morgan fingerprint density at radius 1 is 1.17 bits per heavy atom. The highest BCUT2D eigenvalue weighted by molar-refractivity contribution is 7.80. The number of nitrogens with two attached hydrogens (primary N) is 1. The molecule has 3 N–H and O–H groups in total. The maximum absolute atomic E-state index is 5.56. The summed E-state index contributed by atoms with van der Waals surface area (Å²) in [5.41, 5.74) is 7.55. The summed E-state index contributed by atoms with van der Waals surface area (Å²) < 4.78 is 0. The summed E-state index contributed by atoms with van der Waals surface area (Å²) in [6.07, 6.45) is 1.10. The minimum atomic E-state index is 0.437. The van der Waals surface area contributed by atoms with Crippen molar-refractivity contribution in [2.75, 3.05) is 5.32 Å². The van der Waals surface area contributed by atoms with Gasteiger partial charge in [-0.15, -0.1) is 11.3 Å². The average molecular weight is 276 g/mol. The van der Waals surface area contributed by atoms with Gasteiger partial charge < -0.3 is 11.1 Å². The number of thiophene rings is 1. The lowest BCUT2D eigenvalue weighted by Crippen LogP contribution is -2.09. The quantitative estimate of drug-likeness (QED) is 0.820. The number of hydrogen-bond donors (Lipinski definition) is 2. The molecule has 0 amide bonds. The molecule has 0 atom stereocenters. The minimum Gasteiger partial charge on any atom is -0.389 e. The Bertz CT molecular complexity index is 529. The van der Waals surface area contributed by atoms with Crippen LogP contribution >= 0.6 is 23.6 Å². The maximum atomic E-state index is 5.56. The van der Waals surface area contributed by atoms with E-state index < -0.39 is 0 Å². The number of hydrogen-bond acceptors (Lipinski definition) is 3. The highest BCUT2D eigenvalue weighted by Crippen LogP contribution is 2.18. The Morgan fingerprint density at radius 3 is 2.39 bits per heavy atom. The molecule has 0 saturated heterocycles. The fourth-order valence-corrected chi connectivity index (χ4v) is 2.68. The fraction of sp³-hybridized carbons (Fsp3) is 0.214. The maximum Gasteiger partial charge on any atom is 0.103 e. The molecule has 1 aromatic heterocycles. The van der Waals surface area contributed by atoms with Crippen molar-refractivity contribution in [1.82, 2.24) is 0 Å². The third-order valence-corrected chi connectivity index (χ3v) is 4.17. The van der Waals surface area contributed by atoms with Crippen LogP contribution in [0.2, 0.25) is 0 Å². The molecular formula is C14H16N2S2. The van der Waals surface area contributed by atoms with E-state index in [1.165, 1.54) is 9.75 Å². The lowest BCUT2D eigenvalue weighted by atomic mass is 10.2. The topological polar surface area (TPSA) is 38.0 Å². The van der Waals surface area contributed by atoms with Gasteiger partial charge in [-0.05, 0) is 42.8 Å². The molecule has 94 valence electrons. The van der Waals surface area contributed by atoms with Gasteiger partial charge in [0.1, 0.15) is 4.99 Å². The van der Waals surface area contributed by atoms with Crippen molar-refractivity contribution in [3.8, 4) is 0 Å². The van der Waals surface area contributed by atoms with Gasteiger partial charge in [0.25, 0.3) is 0 Å². The van der Waals surface area contributed by atoms with Crippen LogP contribution in [0, 0.1) is 0 Å². The van der Waals surface area contributed by atoms with Crippen molar-refractivity contribution in [3.63, 3.8) is 0 Å². The second kappa shape index (κ2) is 5.98. The number of rotatable bonds is 5. The molecule has 2 nitrogen and oxygen atoms in total. The van der Waals surface area contributed by atoms with E-state index in [1.54, 1.807) is 0 Å². The molecule has 0 aliphatic heterocycles. The molecule has 0 unspecified atom stereocenters. The largest absolute Gasteiger partial charge is 0.389 e. The van der Waals surface area contributed by atoms with Gasteiger partial charge >= 0.3 is 0 Å². The molecule has 0 fully saturated rings. The van der Waals surface area contributed by atoms with Crippen molar-refractivity contribution in [3.05, 3.63) is 51.7 Å². The molecule has 4 heteroatoms. The van der Waals surface area contributed by atoms with E-state index in [1.807, 2.05) is 35.6 Å². The summed E-state index contributed by atoms with van der Waals surface area (Å²) in [6.45, 7) is 3.04. The standard InChI is InChI=1S/C14H16N2S2/c1-2-12-7-8-13(18-12)9-16-11-5-3-10(4-6-11)14(15)17/h3-8,16H,2,9H2,1H3,(H2,15,17). The first-order valence-electron chi connectivity index (χ1n) is 5.90. The predicted octanol–water partition coefficient (Wildman–Crippen LogP) is 3.56. The molecule has 0 spiro atoms. The number of thiocarbonyl (C=S) groups is 1. The highest BCUT2D eigenvalue weighted by Gasteiger charge is 2.00. The van der Waals surface area contributed by atoms with E-state index in [4.69, 9.17) is 18.0 Å². The van der Waals surface area contributed by atoms with E-state index >= 15 is 0 Å². The van der Waals surface area contributed by atoms with Gasteiger partial charge in [-0.3, -0.25) is 0 Å². The van der Waals surface area contributed by atoms with Crippen molar-refractivity contribution in [1.29, 1.82) is 0 Å². The van der Waals surface area contributed by atoms with Gasteiger partial charge in [0.2, 0.25) is 0 Å². The van der Waals surface area contributed by atoms with E-state index in [-0.39, 0.29) is 0 Å². The molecule has 2 aromatic rings. The van der Waals surface area contributed by atoms with Crippen molar-refractivity contribution in [2.24, 2.45) is 5.73 Å². The SMILES string of the molecule is CCc1ccc(CNc2ccc(C(N)=S)cc2)s1. The van der Waals surface area contributed by atoms with Crippen LogP contribution in [-0.2, 0) is 13.0 Å². The summed E-state index contributed by atoms with van der Waals surface area (Å²) in [5, 5.41) is 3.39. The van der Waals surface area contributed by atoms with E-state index in [0.29, 0.717) is 4.99 Å². The van der Waals surface area contributed by atoms with Gasteiger partial charge in [0, 0.05) is 27.5 Å². The van der Waals surface area contributed by atoms with Gasteiger partial charge in [-0.2, -0.15) is 0 Å². The number of nitrogens with one attached hydrogen (secondary N) is 1. The molecule has 1 heterocycles. The lowest BCUT2D eigenvalue weighted by Gasteiger charge is -2.05. The summed E-state index contributed by atoms with van der Waals surface area (Å²) in [5.74, 6) is 0. The van der Waals surface area contributed by atoms with Crippen LogP contribution in [0.1, 0.15) is 22.2 Å². The molecular weight excluding hydrogens is 260 g/mol. The summed E-state index contributed by atoms with van der Waals surface area (Å²) in [6, 6.07) is 12.3. The Balaban J connectivity index is 1.95. The molecule has 0 aliphatic rings. The zero-order valence-electron chi connectivity index (χ0n) is 10.3. The Hall–Kier alpha value is -1.39. The zero-order valence-corrected chi connectivity index (χ0v) is 11.9. The van der Waals surface area contributed by atoms with Crippen LogP contribution < -0.4 is 11.1 Å². The Kier molecular flexibility index (Phi) is 4.33. The monoisotopic (exact) mass is 276 g/mol. The minimum absolute atomic E-state index is 0.437. The second-order valence-corrected chi connectivity index (χ2v) is 5.71. The van der Waals surface area contributed by atoms with Gasteiger partial charge in [0.05, 0.1) is 0 Å². The van der Waals surface area contributed by atoms with E-state index in [9.17, 15) is 0 Å². The van der Waals surface area contributed by atoms with Crippen LogP contribution in [0.4, 0.5) is 5.69 Å². The second-order valence-electron chi connectivity index (χ2n) is 4.02. The van der Waals surface area contributed by atoms with E-state index in [2.05, 4.69) is 24.4 Å². The first-order valence-corrected chi connectivity index (χ1v) is 7.13. The first-order chi connectivity index (χ1) is 8.69. The van der Waals surface area contributed by atoms with Crippen molar-refractivity contribution < 1.29 is 0 Å². The van der Waals surface area contributed by atoms with Crippen LogP contribution in [0.5, 0.6) is 0 Å². The van der Waals surface area contributed by atoms with Crippen LogP contribution in [0.3, 0.4) is 0 Å². The molecule has 0 radical (unpaired) electrons. The molecule has 0 aliphatic carbocycles. The normalized spacial score (nSPS) is 10.3. The Morgan fingerprint density at radius 2 is 1.83 bits per heavy atom. The van der Waals surface area contributed by atoms with Crippen molar-refractivity contribution in [2.45, 2.75) is 19.9 Å². The lowest BCUT2D eigenvalue weighted by molar-refractivity contribution is 1.19. The summed E-state index contributed by atoms with van der Waals surface area (Å²) in [4.78, 5) is 3.22. The first kappa shape index (κ1) is 13.1. The molecule has 18 heavy (non-hydrogen) atoms. The fourth-order valence-electron chi connectivity index (χ4n) is 1.65. The number of anilines is 1. The van der Waals surface area contributed by atoms with Crippen LogP contribution in [-0.4, -0.2) is 4.99 Å². The van der Waals surface area contributed by atoms with Crippen LogP contribution in [0.15, 0.2) is 36.4 Å². The predicted molar refractivity (Wildman–Crippen MR) is 83.4 cm³/mol. The summed E-state index contributed by atoms with van der Waals surface area (Å²) in [7, 11) is 0. The van der Waals surface area contributed by atoms with E-state index in [0.717, 1.165) is 24.2 Å².